The molecule has 1 aromatic carbocycles. The minimum atomic E-state index is 1.16. The number of hydrogen-bond donors (Lipinski definition) is 0. The Kier molecular flexibility index (Phi) is 4.91. The zero-order chi connectivity index (χ0) is 14.5. The van der Waals surface area contributed by atoms with Gasteiger partial charge >= 0.3 is 0 Å². The molecule has 0 radical (unpaired) electrons. The molecular formula is C18H27N2S+. The Balaban J connectivity index is 1.58. The zero-order valence-electron chi connectivity index (χ0n) is 13.2. The van der Waals surface area contributed by atoms with Crippen LogP contribution in [0.3, 0.4) is 0 Å². The van der Waals surface area contributed by atoms with Gasteiger partial charge in [-0.3, -0.25) is 0 Å². The first-order chi connectivity index (χ1) is 10.3. The summed E-state index contributed by atoms with van der Waals surface area (Å²) in [7, 11) is 0. The number of rotatable bonds is 6. The van der Waals surface area contributed by atoms with Crippen LogP contribution in [0.4, 0.5) is 0 Å². The van der Waals surface area contributed by atoms with Crippen LogP contribution < -0.4 is 0 Å². The molecule has 0 N–H and O–H groups in total. The SMILES string of the molecule is CCC[N+]1(CCCc2nc3ccccc3s2)CCCCC1. The van der Waals surface area contributed by atoms with Crippen LogP contribution in [0.5, 0.6) is 0 Å². The topological polar surface area (TPSA) is 12.9 Å². The highest BCUT2D eigenvalue weighted by Crippen LogP contribution is 2.24. The van der Waals surface area contributed by atoms with E-state index in [2.05, 4.69) is 31.2 Å². The average Bonchev–Trinajstić information content (AvgIpc) is 2.91. The van der Waals surface area contributed by atoms with Crippen LogP contribution in [0.25, 0.3) is 10.2 Å². The Bertz CT molecular complexity index is 531. The number of piperidine rings is 1. The third-order valence-electron chi connectivity index (χ3n) is 4.82. The second-order valence-corrected chi connectivity index (χ2v) is 7.59. The molecule has 0 amide bonds. The molecular weight excluding hydrogens is 276 g/mol. The summed E-state index contributed by atoms with van der Waals surface area (Å²) in [5, 5.41) is 1.32. The van der Waals surface area contributed by atoms with E-state index in [9.17, 15) is 0 Å². The van der Waals surface area contributed by atoms with Gasteiger partial charge in [0.05, 0.1) is 41.4 Å². The van der Waals surface area contributed by atoms with Crippen molar-refractivity contribution in [2.24, 2.45) is 0 Å². The highest BCUT2D eigenvalue weighted by molar-refractivity contribution is 7.18. The Morgan fingerprint density at radius 3 is 2.67 bits per heavy atom. The fourth-order valence-corrected chi connectivity index (χ4v) is 4.82. The highest BCUT2D eigenvalue weighted by Gasteiger charge is 2.28. The van der Waals surface area contributed by atoms with Gasteiger partial charge in [0.25, 0.3) is 0 Å². The molecule has 114 valence electrons. The normalized spacial score (nSPS) is 18.1. The summed E-state index contributed by atoms with van der Waals surface area (Å²) in [6.45, 7) is 7.88. The van der Waals surface area contributed by atoms with Gasteiger partial charge in [-0.2, -0.15) is 0 Å². The number of quaternary nitrogens is 1. The van der Waals surface area contributed by atoms with E-state index in [-0.39, 0.29) is 0 Å². The van der Waals surface area contributed by atoms with E-state index in [1.165, 1.54) is 78.0 Å². The number of likely N-dealkylation sites (tertiary alicyclic amines) is 1. The summed E-state index contributed by atoms with van der Waals surface area (Å²) in [6, 6.07) is 8.51. The van der Waals surface area contributed by atoms with E-state index in [4.69, 9.17) is 4.98 Å². The largest absolute Gasteiger partial charge is 0.324 e. The maximum absolute atomic E-state index is 4.78. The van der Waals surface area contributed by atoms with Crippen molar-refractivity contribution in [3.8, 4) is 0 Å². The first-order valence-electron chi connectivity index (χ1n) is 8.51. The molecule has 2 heterocycles. The van der Waals surface area contributed by atoms with Gasteiger partial charge < -0.3 is 4.48 Å². The number of fused-ring (bicyclic) bond motifs is 1. The second-order valence-electron chi connectivity index (χ2n) is 6.48. The molecule has 1 aromatic heterocycles. The number of para-hydroxylation sites is 1. The molecule has 1 aliphatic heterocycles. The Hall–Kier alpha value is -0.930. The van der Waals surface area contributed by atoms with Crippen molar-refractivity contribution in [2.75, 3.05) is 26.2 Å². The maximum atomic E-state index is 4.78. The first kappa shape index (κ1) is 15.0. The fraction of sp³-hybridized carbons (Fsp3) is 0.611. The van der Waals surface area contributed by atoms with Gasteiger partial charge in [-0.15, -0.1) is 11.3 Å². The van der Waals surface area contributed by atoms with E-state index >= 15 is 0 Å². The molecule has 1 aliphatic rings. The first-order valence-corrected chi connectivity index (χ1v) is 9.32. The standard InChI is InChI=1S/C18H27N2S/c1-2-12-20(13-6-3-7-14-20)15-8-11-18-19-16-9-4-5-10-17(16)21-18/h4-5,9-10H,2-3,6-8,11-15H2,1H3/q+1. The van der Waals surface area contributed by atoms with Crippen molar-refractivity contribution < 1.29 is 4.48 Å². The lowest BCUT2D eigenvalue weighted by Crippen LogP contribution is -2.52. The van der Waals surface area contributed by atoms with Gasteiger partial charge in [-0.1, -0.05) is 19.1 Å². The van der Waals surface area contributed by atoms with Crippen molar-refractivity contribution in [1.82, 2.24) is 4.98 Å². The number of thiazole rings is 1. The van der Waals surface area contributed by atoms with Gasteiger partial charge in [0, 0.05) is 12.8 Å². The van der Waals surface area contributed by atoms with Crippen LogP contribution in [0.1, 0.15) is 44.0 Å². The van der Waals surface area contributed by atoms with E-state index < -0.39 is 0 Å². The molecule has 0 spiro atoms. The van der Waals surface area contributed by atoms with Crippen molar-refractivity contribution in [3.05, 3.63) is 29.3 Å². The Labute approximate surface area is 132 Å². The fourth-order valence-electron chi connectivity index (χ4n) is 3.81. The molecule has 3 rings (SSSR count). The van der Waals surface area contributed by atoms with Gasteiger partial charge in [0.15, 0.2) is 0 Å². The molecule has 0 bridgehead atoms. The van der Waals surface area contributed by atoms with E-state index in [0.717, 1.165) is 6.42 Å². The van der Waals surface area contributed by atoms with Crippen LogP contribution in [-0.4, -0.2) is 35.6 Å². The van der Waals surface area contributed by atoms with Crippen molar-refractivity contribution in [1.29, 1.82) is 0 Å². The molecule has 2 nitrogen and oxygen atoms in total. The van der Waals surface area contributed by atoms with Gasteiger partial charge in [-0.25, -0.2) is 4.98 Å². The molecule has 0 atom stereocenters. The van der Waals surface area contributed by atoms with E-state index in [1.807, 2.05) is 11.3 Å². The lowest BCUT2D eigenvalue weighted by atomic mass is 10.1. The minimum Gasteiger partial charge on any atom is -0.324 e. The summed E-state index contributed by atoms with van der Waals surface area (Å²) in [4.78, 5) is 4.78. The Morgan fingerprint density at radius 2 is 1.90 bits per heavy atom. The average molecular weight is 303 g/mol. The molecule has 3 heteroatoms. The predicted octanol–water partition coefficient (Wildman–Crippen LogP) is 4.64. The highest BCUT2D eigenvalue weighted by atomic mass is 32.1. The molecule has 21 heavy (non-hydrogen) atoms. The third kappa shape index (κ3) is 3.64. The molecule has 0 aliphatic carbocycles. The lowest BCUT2D eigenvalue weighted by molar-refractivity contribution is -0.932. The number of hydrogen-bond acceptors (Lipinski definition) is 2. The molecule has 1 saturated heterocycles. The number of aryl methyl sites for hydroxylation is 1. The summed E-state index contributed by atoms with van der Waals surface area (Å²) >= 11 is 1.88. The van der Waals surface area contributed by atoms with Crippen LogP contribution in [-0.2, 0) is 6.42 Å². The third-order valence-corrected chi connectivity index (χ3v) is 5.92. The quantitative estimate of drug-likeness (QED) is 0.708. The van der Waals surface area contributed by atoms with E-state index in [0.29, 0.717) is 0 Å². The number of aromatic nitrogens is 1. The maximum Gasteiger partial charge on any atom is 0.0940 e. The molecule has 0 saturated carbocycles. The minimum absolute atomic E-state index is 1.16. The van der Waals surface area contributed by atoms with Gasteiger partial charge in [0.1, 0.15) is 0 Å². The molecule has 1 fully saturated rings. The number of benzene rings is 1. The monoisotopic (exact) mass is 303 g/mol. The predicted molar refractivity (Wildman–Crippen MR) is 91.8 cm³/mol. The number of nitrogens with zero attached hydrogens (tertiary/aromatic N) is 2. The summed E-state index contributed by atoms with van der Waals surface area (Å²) in [5.74, 6) is 0. The van der Waals surface area contributed by atoms with Gasteiger partial charge in [-0.05, 0) is 37.8 Å². The zero-order valence-corrected chi connectivity index (χ0v) is 14.0. The van der Waals surface area contributed by atoms with E-state index in [1.54, 1.807) is 0 Å². The smallest absolute Gasteiger partial charge is 0.0940 e. The molecule has 0 unspecified atom stereocenters. The summed E-state index contributed by atoms with van der Waals surface area (Å²) in [5.41, 5.74) is 1.17. The lowest BCUT2D eigenvalue weighted by Gasteiger charge is -2.41. The second kappa shape index (κ2) is 6.89. The van der Waals surface area contributed by atoms with Crippen molar-refractivity contribution in [3.63, 3.8) is 0 Å². The van der Waals surface area contributed by atoms with Crippen molar-refractivity contribution >= 4 is 21.6 Å². The molecule has 2 aromatic rings. The van der Waals surface area contributed by atoms with Crippen molar-refractivity contribution in [2.45, 2.75) is 45.4 Å². The van der Waals surface area contributed by atoms with Crippen LogP contribution in [0.2, 0.25) is 0 Å². The summed E-state index contributed by atoms with van der Waals surface area (Å²) in [6.07, 6.45) is 8.08. The Morgan fingerprint density at radius 1 is 1.10 bits per heavy atom. The van der Waals surface area contributed by atoms with Crippen LogP contribution in [0.15, 0.2) is 24.3 Å². The van der Waals surface area contributed by atoms with Crippen LogP contribution in [0, 0.1) is 0 Å². The van der Waals surface area contributed by atoms with Crippen LogP contribution >= 0.6 is 11.3 Å². The van der Waals surface area contributed by atoms with Gasteiger partial charge in [0.2, 0.25) is 0 Å². The summed E-state index contributed by atoms with van der Waals surface area (Å²) < 4.78 is 2.71.